The number of carbonyl (C=O) groups excluding carboxylic acids is 1. The number of nitrogens with one attached hydrogen (secondary N) is 2. The van der Waals surface area contributed by atoms with Crippen LogP contribution in [0.5, 0.6) is 0 Å². The number of benzene rings is 2. The molecule has 126 valence electrons. The zero-order chi connectivity index (χ0) is 16.9. The van der Waals surface area contributed by atoms with E-state index in [1.807, 2.05) is 19.1 Å². The summed E-state index contributed by atoms with van der Waals surface area (Å²) in [4.78, 5) is 12.2. The maximum absolute atomic E-state index is 14.2. The number of amides is 1. The highest BCUT2D eigenvalue weighted by Gasteiger charge is 2.16. The van der Waals surface area contributed by atoms with E-state index in [2.05, 4.69) is 10.6 Å². The Bertz CT molecular complexity index is 710. The van der Waals surface area contributed by atoms with Crippen LogP contribution in [-0.2, 0) is 4.74 Å². The zero-order valence-corrected chi connectivity index (χ0v) is 13.6. The molecule has 1 unspecified atom stereocenters. The Labute approximate surface area is 141 Å². The van der Waals surface area contributed by atoms with Crippen LogP contribution in [0.3, 0.4) is 0 Å². The third-order valence-electron chi connectivity index (χ3n) is 4.08. The third kappa shape index (κ3) is 4.11. The molecule has 1 amide bonds. The number of hydrogen-bond donors (Lipinski definition) is 2. The van der Waals surface area contributed by atoms with E-state index in [0.29, 0.717) is 23.5 Å². The Morgan fingerprint density at radius 1 is 1.25 bits per heavy atom. The summed E-state index contributed by atoms with van der Waals surface area (Å²) >= 11 is 0. The van der Waals surface area contributed by atoms with Crippen molar-refractivity contribution in [1.29, 1.82) is 0 Å². The van der Waals surface area contributed by atoms with E-state index < -0.39 is 5.82 Å². The average Bonchev–Trinajstić information content (AvgIpc) is 3.08. The molecule has 0 aliphatic carbocycles. The quantitative estimate of drug-likeness (QED) is 0.873. The van der Waals surface area contributed by atoms with Crippen LogP contribution in [0.4, 0.5) is 15.8 Å². The first-order chi connectivity index (χ1) is 11.6. The predicted molar refractivity (Wildman–Crippen MR) is 93.0 cm³/mol. The summed E-state index contributed by atoms with van der Waals surface area (Å²) in [6, 6.07) is 11.9. The maximum Gasteiger partial charge on any atom is 0.255 e. The van der Waals surface area contributed by atoms with Crippen molar-refractivity contribution in [3.63, 3.8) is 0 Å². The summed E-state index contributed by atoms with van der Waals surface area (Å²) in [5.41, 5.74) is 2.47. The first-order valence-electron chi connectivity index (χ1n) is 8.15. The highest BCUT2D eigenvalue weighted by molar-refractivity contribution is 6.04. The van der Waals surface area contributed by atoms with E-state index in [9.17, 15) is 9.18 Å². The molecule has 1 heterocycles. The first kappa shape index (κ1) is 16.5. The number of anilines is 2. The molecule has 2 aromatic carbocycles. The molecule has 1 aliphatic rings. The van der Waals surface area contributed by atoms with E-state index in [1.165, 1.54) is 6.07 Å². The molecule has 3 rings (SSSR count). The van der Waals surface area contributed by atoms with Crippen molar-refractivity contribution in [2.24, 2.45) is 0 Å². The summed E-state index contributed by atoms with van der Waals surface area (Å²) in [5.74, 6) is -0.649. The number of halogens is 1. The number of hydrogen-bond acceptors (Lipinski definition) is 3. The second-order valence-electron chi connectivity index (χ2n) is 6.03. The summed E-state index contributed by atoms with van der Waals surface area (Å²) in [5, 5.41) is 5.77. The first-order valence-corrected chi connectivity index (χ1v) is 8.15. The van der Waals surface area contributed by atoms with Crippen LogP contribution in [0.1, 0.15) is 28.8 Å². The van der Waals surface area contributed by atoms with E-state index in [-0.39, 0.29) is 12.0 Å². The number of carbonyl (C=O) groups is 1. The van der Waals surface area contributed by atoms with Crippen molar-refractivity contribution in [2.45, 2.75) is 25.9 Å². The fourth-order valence-electron chi connectivity index (χ4n) is 2.67. The fourth-order valence-corrected chi connectivity index (χ4v) is 2.67. The summed E-state index contributed by atoms with van der Waals surface area (Å²) in [6.45, 7) is 3.32. The summed E-state index contributed by atoms with van der Waals surface area (Å²) < 4.78 is 19.7. The Balaban J connectivity index is 1.61. The van der Waals surface area contributed by atoms with Gasteiger partial charge in [0.1, 0.15) is 5.82 Å². The topological polar surface area (TPSA) is 50.4 Å². The van der Waals surface area contributed by atoms with Crippen molar-refractivity contribution in [2.75, 3.05) is 23.8 Å². The molecule has 4 nitrogen and oxygen atoms in total. The Kier molecular flexibility index (Phi) is 5.11. The standard InChI is InChI=1S/C19H21FN2O2/c1-13-4-6-14(7-5-13)19(23)22-15-8-9-18(17(20)11-15)21-12-16-3-2-10-24-16/h4-9,11,16,21H,2-3,10,12H2,1H3,(H,22,23). The van der Waals surface area contributed by atoms with Crippen LogP contribution in [0.25, 0.3) is 0 Å². The minimum absolute atomic E-state index is 0.144. The Hall–Kier alpha value is -2.40. The number of aryl methyl sites for hydroxylation is 1. The molecule has 0 saturated carbocycles. The van der Waals surface area contributed by atoms with E-state index >= 15 is 0 Å². The highest BCUT2D eigenvalue weighted by atomic mass is 19.1. The molecule has 0 radical (unpaired) electrons. The van der Waals surface area contributed by atoms with Gasteiger partial charge >= 0.3 is 0 Å². The van der Waals surface area contributed by atoms with Gasteiger partial charge in [-0.25, -0.2) is 4.39 Å². The molecule has 5 heteroatoms. The lowest BCUT2D eigenvalue weighted by Crippen LogP contribution is -2.19. The smallest absolute Gasteiger partial charge is 0.255 e. The number of rotatable bonds is 5. The van der Waals surface area contributed by atoms with Gasteiger partial charge < -0.3 is 15.4 Å². The van der Waals surface area contributed by atoms with Crippen molar-refractivity contribution in [1.82, 2.24) is 0 Å². The Morgan fingerprint density at radius 3 is 2.71 bits per heavy atom. The van der Waals surface area contributed by atoms with Gasteiger partial charge in [0.15, 0.2) is 0 Å². The molecule has 0 aromatic heterocycles. The molecular weight excluding hydrogens is 307 g/mol. The second kappa shape index (κ2) is 7.45. The minimum Gasteiger partial charge on any atom is -0.380 e. The van der Waals surface area contributed by atoms with Gasteiger partial charge in [0.2, 0.25) is 0 Å². The summed E-state index contributed by atoms with van der Waals surface area (Å²) in [7, 11) is 0. The highest BCUT2D eigenvalue weighted by Crippen LogP contribution is 2.21. The fraction of sp³-hybridized carbons (Fsp3) is 0.316. The molecule has 24 heavy (non-hydrogen) atoms. The van der Waals surface area contributed by atoms with Crippen LogP contribution in [-0.4, -0.2) is 25.2 Å². The van der Waals surface area contributed by atoms with E-state index in [1.54, 1.807) is 24.3 Å². The lowest BCUT2D eigenvalue weighted by molar-refractivity contribution is 0.102. The van der Waals surface area contributed by atoms with Crippen LogP contribution in [0, 0.1) is 12.7 Å². The van der Waals surface area contributed by atoms with Gasteiger partial charge in [0, 0.05) is 24.4 Å². The molecular formula is C19H21FN2O2. The predicted octanol–water partition coefficient (Wildman–Crippen LogP) is 3.98. The van der Waals surface area contributed by atoms with Crippen LogP contribution < -0.4 is 10.6 Å². The van der Waals surface area contributed by atoms with Gasteiger partial charge in [0.05, 0.1) is 11.8 Å². The van der Waals surface area contributed by atoms with Crippen LogP contribution in [0.2, 0.25) is 0 Å². The summed E-state index contributed by atoms with van der Waals surface area (Å²) in [6.07, 6.45) is 2.20. The van der Waals surface area contributed by atoms with Gasteiger partial charge in [-0.1, -0.05) is 17.7 Å². The molecule has 0 bridgehead atoms. The normalized spacial score (nSPS) is 16.8. The van der Waals surface area contributed by atoms with Gasteiger partial charge in [-0.05, 0) is 50.1 Å². The second-order valence-corrected chi connectivity index (χ2v) is 6.03. The molecule has 1 fully saturated rings. The lowest BCUT2D eigenvalue weighted by Gasteiger charge is -2.13. The zero-order valence-electron chi connectivity index (χ0n) is 13.6. The maximum atomic E-state index is 14.2. The molecule has 0 spiro atoms. The third-order valence-corrected chi connectivity index (χ3v) is 4.08. The van der Waals surface area contributed by atoms with Gasteiger partial charge in [-0.15, -0.1) is 0 Å². The molecule has 2 aromatic rings. The number of ether oxygens (including phenoxy) is 1. The van der Waals surface area contributed by atoms with Crippen LogP contribution >= 0.6 is 0 Å². The largest absolute Gasteiger partial charge is 0.380 e. The average molecular weight is 328 g/mol. The van der Waals surface area contributed by atoms with Gasteiger partial charge in [0.25, 0.3) is 5.91 Å². The minimum atomic E-state index is -0.394. The monoisotopic (exact) mass is 328 g/mol. The van der Waals surface area contributed by atoms with E-state index in [4.69, 9.17) is 4.74 Å². The van der Waals surface area contributed by atoms with Crippen molar-refractivity contribution in [3.05, 3.63) is 59.4 Å². The SMILES string of the molecule is Cc1ccc(C(=O)Nc2ccc(NCC3CCCO3)c(F)c2)cc1. The molecule has 1 aliphatic heterocycles. The lowest BCUT2D eigenvalue weighted by atomic mass is 10.1. The molecule has 2 N–H and O–H groups in total. The van der Waals surface area contributed by atoms with Gasteiger partial charge in [-0.2, -0.15) is 0 Å². The van der Waals surface area contributed by atoms with Crippen LogP contribution in [0.15, 0.2) is 42.5 Å². The van der Waals surface area contributed by atoms with E-state index in [0.717, 1.165) is 25.0 Å². The Morgan fingerprint density at radius 2 is 2.04 bits per heavy atom. The van der Waals surface area contributed by atoms with Gasteiger partial charge in [-0.3, -0.25) is 4.79 Å². The van der Waals surface area contributed by atoms with Crippen molar-refractivity contribution >= 4 is 17.3 Å². The molecule has 1 atom stereocenters. The van der Waals surface area contributed by atoms with Crippen molar-refractivity contribution < 1.29 is 13.9 Å². The van der Waals surface area contributed by atoms with Crippen molar-refractivity contribution in [3.8, 4) is 0 Å². The molecule has 1 saturated heterocycles.